The Hall–Kier alpha value is -0.900. The number of hydrogen-bond acceptors (Lipinski definition) is 3. The van der Waals surface area contributed by atoms with Gasteiger partial charge in [0.2, 0.25) is 0 Å². The van der Waals surface area contributed by atoms with Gasteiger partial charge in [-0.25, -0.2) is 0 Å². The van der Waals surface area contributed by atoms with Crippen LogP contribution >= 0.6 is 0 Å². The summed E-state index contributed by atoms with van der Waals surface area (Å²) < 4.78 is 0. The molecule has 0 aliphatic rings. The standard InChI is InChI=1S/C7H13NO3/c1-4-8-6(10)7(3,11)5(2)9/h11H,4H2,1-3H3,(H,8,10). The molecule has 0 saturated heterocycles. The van der Waals surface area contributed by atoms with Crippen molar-refractivity contribution in [3.8, 4) is 0 Å². The van der Waals surface area contributed by atoms with Crippen molar-refractivity contribution >= 4 is 11.7 Å². The molecule has 0 spiro atoms. The van der Waals surface area contributed by atoms with Gasteiger partial charge in [-0.3, -0.25) is 9.59 Å². The molecule has 0 aromatic carbocycles. The van der Waals surface area contributed by atoms with Crippen molar-refractivity contribution in [3.05, 3.63) is 0 Å². The molecule has 1 unspecified atom stereocenters. The maximum atomic E-state index is 10.9. The summed E-state index contributed by atoms with van der Waals surface area (Å²) in [5.41, 5.74) is -1.88. The van der Waals surface area contributed by atoms with Crippen LogP contribution in [0.25, 0.3) is 0 Å². The number of Topliss-reactive ketones (excluding diaryl/α,β-unsaturated/α-hetero) is 1. The molecule has 0 aliphatic carbocycles. The first-order chi connectivity index (χ1) is 4.92. The third-order valence-corrected chi connectivity index (χ3v) is 1.47. The van der Waals surface area contributed by atoms with E-state index in [-0.39, 0.29) is 0 Å². The number of aliphatic hydroxyl groups is 1. The lowest BCUT2D eigenvalue weighted by Crippen LogP contribution is -2.49. The van der Waals surface area contributed by atoms with E-state index in [0.29, 0.717) is 6.54 Å². The number of hydrogen-bond donors (Lipinski definition) is 2. The Kier molecular flexibility index (Phi) is 3.19. The van der Waals surface area contributed by atoms with E-state index in [1.54, 1.807) is 6.92 Å². The second kappa shape index (κ2) is 3.48. The van der Waals surface area contributed by atoms with Crippen molar-refractivity contribution in [1.29, 1.82) is 0 Å². The molecule has 0 radical (unpaired) electrons. The molecule has 1 atom stereocenters. The average molecular weight is 159 g/mol. The van der Waals surface area contributed by atoms with E-state index in [4.69, 9.17) is 0 Å². The smallest absolute Gasteiger partial charge is 0.259 e. The van der Waals surface area contributed by atoms with Crippen LogP contribution in [0.4, 0.5) is 0 Å². The molecule has 0 aromatic heterocycles. The summed E-state index contributed by atoms with van der Waals surface area (Å²) in [5, 5.41) is 11.6. The van der Waals surface area contributed by atoms with E-state index in [2.05, 4.69) is 5.32 Å². The number of nitrogens with one attached hydrogen (secondary N) is 1. The molecule has 0 fully saturated rings. The molecule has 4 heteroatoms. The lowest BCUT2D eigenvalue weighted by Gasteiger charge is -2.17. The maximum absolute atomic E-state index is 10.9. The van der Waals surface area contributed by atoms with Crippen molar-refractivity contribution in [2.75, 3.05) is 6.54 Å². The summed E-state index contributed by atoms with van der Waals surface area (Å²) in [6, 6.07) is 0. The minimum Gasteiger partial charge on any atom is -0.373 e. The van der Waals surface area contributed by atoms with Gasteiger partial charge in [0.1, 0.15) is 0 Å². The second-order valence-corrected chi connectivity index (χ2v) is 2.49. The maximum Gasteiger partial charge on any atom is 0.259 e. The highest BCUT2D eigenvalue weighted by Crippen LogP contribution is 2.03. The molecule has 0 aliphatic heterocycles. The van der Waals surface area contributed by atoms with Gasteiger partial charge in [0.15, 0.2) is 11.4 Å². The van der Waals surface area contributed by atoms with Crippen LogP contribution in [-0.2, 0) is 9.59 Å². The summed E-state index contributed by atoms with van der Waals surface area (Å²) in [5.74, 6) is -1.20. The predicted molar refractivity (Wildman–Crippen MR) is 40.0 cm³/mol. The van der Waals surface area contributed by atoms with Crippen molar-refractivity contribution in [2.45, 2.75) is 26.4 Å². The second-order valence-electron chi connectivity index (χ2n) is 2.49. The number of rotatable bonds is 3. The minimum atomic E-state index is -1.88. The molecule has 0 aromatic rings. The summed E-state index contributed by atoms with van der Waals surface area (Å²) in [6.07, 6.45) is 0. The molecular formula is C7H13NO3. The largest absolute Gasteiger partial charge is 0.373 e. The monoisotopic (exact) mass is 159 g/mol. The van der Waals surface area contributed by atoms with Gasteiger partial charge in [0.05, 0.1) is 0 Å². The molecule has 0 saturated carbocycles. The Morgan fingerprint density at radius 3 is 2.27 bits per heavy atom. The average Bonchev–Trinajstić information content (AvgIpc) is 1.88. The number of likely N-dealkylation sites (N-methyl/N-ethyl adjacent to an activating group) is 1. The quantitative estimate of drug-likeness (QED) is 0.544. The van der Waals surface area contributed by atoms with E-state index in [1.165, 1.54) is 13.8 Å². The fourth-order valence-electron chi connectivity index (χ4n) is 0.493. The van der Waals surface area contributed by atoms with Crippen LogP contribution in [0.2, 0.25) is 0 Å². The number of carbonyl (C=O) groups is 2. The fraction of sp³-hybridized carbons (Fsp3) is 0.714. The van der Waals surface area contributed by atoms with Gasteiger partial charge in [0, 0.05) is 6.54 Å². The Morgan fingerprint density at radius 1 is 1.55 bits per heavy atom. The molecule has 0 heterocycles. The van der Waals surface area contributed by atoms with E-state index >= 15 is 0 Å². The van der Waals surface area contributed by atoms with E-state index in [9.17, 15) is 14.7 Å². The van der Waals surface area contributed by atoms with Gasteiger partial charge in [-0.05, 0) is 20.8 Å². The topological polar surface area (TPSA) is 66.4 Å². The van der Waals surface area contributed by atoms with Crippen molar-refractivity contribution < 1.29 is 14.7 Å². The number of ketones is 1. The Morgan fingerprint density at radius 2 is 2.00 bits per heavy atom. The molecule has 1 amide bonds. The van der Waals surface area contributed by atoms with Crippen molar-refractivity contribution in [1.82, 2.24) is 5.32 Å². The Labute approximate surface area is 65.6 Å². The first-order valence-electron chi connectivity index (χ1n) is 3.44. The van der Waals surface area contributed by atoms with E-state index in [1.807, 2.05) is 0 Å². The minimum absolute atomic E-state index is 0.405. The van der Waals surface area contributed by atoms with Crippen LogP contribution in [-0.4, -0.2) is 28.9 Å². The molecule has 0 rings (SSSR count). The molecular weight excluding hydrogens is 146 g/mol. The normalized spacial score (nSPS) is 15.3. The molecule has 0 bridgehead atoms. The number of amides is 1. The number of carbonyl (C=O) groups excluding carboxylic acids is 2. The molecule has 4 nitrogen and oxygen atoms in total. The molecule has 11 heavy (non-hydrogen) atoms. The van der Waals surface area contributed by atoms with Crippen molar-refractivity contribution in [3.63, 3.8) is 0 Å². The highest BCUT2D eigenvalue weighted by Gasteiger charge is 2.34. The first-order valence-corrected chi connectivity index (χ1v) is 3.44. The van der Waals surface area contributed by atoms with E-state index < -0.39 is 17.3 Å². The van der Waals surface area contributed by atoms with Gasteiger partial charge in [-0.1, -0.05) is 0 Å². The fourth-order valence-corrected chi connectivity index (χ4v) is 0.493. The zero-order chi connectivity index (χ0) is 9.07. The molecule has 64 valence electrons. The highest BCUT2D eigenvalue weighted by molar-refractivity contribution is 6.07. The zero-order valence-corrected chi connectivity index (χ0v) is 6.97. The Bertz CT molecular complexity index is 175. The summed E-state index contributed by atoms with van der Waals surface area (Å²) >= 11 is 0. The van der Waals surface area contributed by atoms with Gasteiger partial charge < -0.3 is 10.4 Å². The highest BCUT2D eigenvalue weighted by atomic mass is 16.3. The third kappa shape index (κ3) is 2.31. The van der Waals surface area contributed by atoms with Crippen LogP contribution in [0.3, 0.4) is 0 Å². The van der Waals surface area contributed by atoms with Gasteiger partial charge >= 0.3 is 0 Å². The summed E-state index contributed by atoms with van der Waals surface area (Å²) in [6.45, 7) is 4.48. The van der Waals surface area contributed by atoms with Crippen LogP contribution < -0.4 is 5.32 Å². The van der Waals surface area contributed by atoms with Crippen LogP contribution in [0.15, 0.2) is 0 Å². The van der Waals surface area contributed by atoms with Gasteiger partial charge in [-0.15, -0.1) is 0 Å². The SMILES string of the molecule is CCNC(=O)C(C)(O)C(C)=O. The van der Waals surface area contributed by atoms with Crippen molar-refractivity contribution in [2.24, 2.45) is 0 Å². The molecule has 2 N–H and O–H groups in total. The van der Waals surface area contributed by atoms with Crippen LogP contribution in [0.5, 0.6) is 0 Å². The van der Waals surface area contributed by atoms with Gasteiger partial charge in [0.25, 0.3) is 5.91 Å². The van der Waals surface area contributed by atoms with E-state index in [0.717, 1.165) is 0 Å². The first kappa shape index (κ1) is 10.1. The lowest BCUT2D eigenvalue weighted by atomic mass is 10.0. The lowest BCUT2D eigenvalue weighted by molar-refractivity contribution is -0.149. The summed E-state index contributed by atoms with van der Waals surface area (Å²) in [4.78, 5) is 21.6. The zero-order valence-electron chi connectivity index (χ0n) is 6.97. The summed E-state index contributed by atoms with van der Waals surface area (Å²) in [7, 11) is 0. The van der Waals surface area contributed by atoms with Crippen LogP contribution in [0, 0.1) is 0 Å². The van der Waals surface area contributed by atoms with Gasteiger partial charge in [-0.2, -0.15) is 0 Å². The van der Waals surface area contributed by atoms with Crippen LogP contribution in [0.1, 0.15) is 20.8 Å². The third-order valence-electron chi connectivity index (χ3n) is 1.47. The predicted octanol–water partition coefficient (Wildman–Crippen LogP) is -0.537. The Balaban J connectivity index is 4.30.